The lowest BCUT2D eigenvalue weighted by Gasteiger charge is -2.17. The van der Waals surface area contributed by atoms with Crippen LogP contribution in [0.1, 0.15) is 15.9 Å². The molecule has 0 unspecified atom stereocenters. The highest BCUT2D eigenvalue weighted by Crippen LogP contribution is 2.28. The van der Waals surface area contributed by atoms with Crippen LogP contribution in [0.25, 0.3) is 10.8 Å². The molecule has 1 heterocycles. The lowest BCUT2D eigenvalue weighted by Crippen LogP contribution is -2.33. The average Bonchev–Trinajstić information content (AvgIpc) is 3.10. The molecule has 3 aromatic carbocycles. The number of carbonyl (C=O) groups is 2. The van der Waals surface area contributed by atoms with Crippen molar-refractivity contribution in [2.75, 3.05) is 23.8 Å². The van der Waals surface area contributed by atoms with Gasteiger partial charge in [0.15, 0.2) is 6.61 Å². The van der Waals surface area contributed by atoms with Crippen molar-refractivity contribution in [2.45, 2.75) is 6.42 Å². The van der Waals surface area contributed by atoms with E-state index in [2.05, 4.69) is 0 Å². The molecule has 0 bridgehead atoms. The van der Waals surface area contributed by atoms with Crippen molar-refractivity contribution >= 4 is 34.0 Å². The Morgan fingerprint density at radius 1 is 1.00 bits per heavy atom. The summed E-state index contributed by atoms with van der Waals surface area (Å²) in [6, 6.07) is 18.6. The predicted molar refractivity (Wildman–Crippen MR) is 101 cm³/mol. The predicted octanol–water partition coefficient (Wildman–Crippen LogP) is 3.17. The summed E-state index contributed by atoms with van der Waals surface area (Å²) in [5, 5.41) is 1.51. The van der Waals surface area contributed by atoms with E-state index in [1.165, 1.54) is 0 Å². The largest absolute Gasteiger partial charge is 0.452 e. The lowest BCUT2D eigenvalue weighted by molar-refractivity contribution is -0.121. The fraction of sp³-hybridized carbons (Fsp3) is 0.143. The van der Waals surface area contributed by atoms with Crippen LogP contribution in [-0.2, 0) is 16.0 Å². The number of rotatable bonds is 3. The Labute approximate surface area is 151 Å². The van der Waals surface area contributed by atoms with Crippen molar-refractivity contribution in [1.29, 1.82) is 0 Å². The second kappa shape index (κ2) is 6.52. The van der Waals surface area contributed by atoms with Gasteiger partial charge in [0.1, 0.15) is 0 Å². The van der Waals surface area contributed by atoms with Gasteiger partial charge in [-0.1, -0.05) is 42.5 Å². The van der Waals surface area contributed by atoms with Crippen LogP contribution < -0.4 is 10.6 Å². The monoisotopic (exact) mass is 346 g/mol. The van der Waals surface area contributed by atoms with Crippen LogP contribution >= 0.6 is 0 Å². The van der Waals surface area contributed by atoms with Gasteiger partial charge in [0.05, 0.1) is 5.56 Å². The average molecular weight is 346 g/mol. The Morgan fingerprint density at radius 2 is 1.77 bits per heavy atom. The van der Waals surface area contributed by atoms with Crippen molar-refractivity contribution in [3.8, 4) is 0 Å². The minimum atomic E-state index is -0.547. The van der Waals surface area contributed by atoms with Crippen LogP contribution in [0.15, 0.2) is 60.7 Å². The molecule has 0 spiro atoms. The fourth-order valence-electron chi connectivity index (χ4n) is 3.42. The third-order valence-electron chi connectivity index (χ3n) is 4.67. The summed E-state index contributed by atoms with van der Waals surface area (Å²) in [6.07, 6.45) is 0.815. The fourth-order valence-corrected chi connectivity index (χ4v) is 3.42. The molecule has 5 nitrogen and oxygen atoms in total. The number of ether oxygens (including phenoxy) is 1. The van der Waals surface area contributed by atoms with Crippen molar-refractivity contribution in [2.24, 2.45) is 0 Å². The molecule has 0 atom stereocenters. The molecule has 1 aliphatic rings. The molecule has 1 amide bonds. The number of nitrogens with two attached hydrogens (primary N) is 1. The molecule has 4 rings (SSSR count). The van der Waals surface area contributed by atoms with Crippen molar-refractivity contribution in [1.82, 2.24) is 0 Å². The van der Waals surface area contributed by atoms with Crippen molar-refractivity contribution in [3.63, 3.8) is 0 Å². The van der Waals surface area contributed by atoms with E-state index in [1.807, 2.05) is 42.5 Å². The number of fused-ring (bicyclic) bond motifs is 2. The summed E-state index contributed by atoms with van der Waals surface area (Å²) in [5.74, 6) is -0.772. The minimum Gasteiger partial charge on any atom is -0.452 e. The van der Waals surface area contributed by atoms with Crippen LogP contribution in [0.5, 0.6) is 0 Å². The van der Waals surface area contributed by atoms with E-state index < -0.39 is 5.97 Å². The standard InChI is InChI=1S/C21H18N2O3/c22-17-9-4-7-15-6-3-8-16(20(15)17)21(25)26-13-19(24)23-12-11-14-5-1-2-10-18(14)23/h1-10H,11-13,22H2. The normalized spacial score (nSPS) is 12.8. The zero-order valence-corrected chi connectivity index (χ0v) is 14.1. The van der Waals surface area contributed by atoms with Crippen LogP contribution in [-0.4, -0.2) is 25.0 Å². The molecule has 0 radical (unpaired) electrons. The zero-order chi connectivity index (χ0) is 18.1. The summed E-state index contributed by atoms with van der Waals surface area (Å²) in [5.41, 5.74) is 8.93. The highest BCUT2D eigenvalue weighted by molar-refractivity contribution is 6.09. The third-order valence-corrected chi connectivity index (χ3v) is 4.67. The smallest absolute Gasteiger partial charge is 0.339 e. The highest BCUT2D eigenvalue weighted by Gasteiger charge is 2.25. The third kappa shape index (κ3) is 2.77. The first-order valence-corrected chi connectivity index (χ1v) is 8.48. The lowest BCUT2D eigenvalue weighted by atomic mass is 10.0. The van der Waals surface area contributed by atoms with E-state index in [4.69, 9.17) is 10.5 Å². The Bertz CT molecular complexity index is 1010. The zero-order valence-electron chi connectivity index (χ0n) is 14.1. The number of nitrogen functional groups attached to an aromatic ring is 1. The number of benzene rings is 3. The van der Waals surface area contributed by atoms with Gasteiger partial charge in [-0.2, -0.15) is 0 Å². The van der Waals surface area contributed by atoms with Crippen LogP contribution in [0.2, 0.25) is 0 Å². The van der Waals surface area contributed by atoms with Gasteiger partial charge in [0.25, 0.3) is 5.91 Å². The molecule has 0 fully saturated rings. The highest BCUT2D eigenvalue weighted by atomic mass is 16.5. The maximum Gasteiger partial charge on any atom is 0.339 e. The first-order valence-electron chi connectivity index (χ1n) is 8.48. The summed E-state index contributed by atoms with van der Waals surface area (Å²) < 4.78 is 5.29. The van der Waals surface area contributed by atoms with E-state index >= 15 is 0 Å². The van der Waals surface area contributed by atoms with Crippen LogP contribution in [0, 0.1) is 0 Å². The SMILES string of the molecule is Nc1cccc2cccc(C(=O)OCC(=O)N3CCc4ccccc43)c12. The number of nitrogens with zero attached hydrogens (tertiary/aromatic N) is 1. The van der Waals surface area contributed by atoms with Gasteiger partial charge in [-0.25, -0.2) is 4.79 Å². The second-order valence-electron chi connectivity index (χ2n) is 6.25. The number of carbonyl (C=O) groups excluding carboxylic acids is 2. The van der Waals surface area contributed by atoms with E-state index in [9.17, 15) is 9.59 Å². The van der Waals surface area contributed by atoms with Gasteiger partial charge in [-0.05, 0) is 35.6 Å². The Morgan fingerprint density at radius 3 is 2.62 bits per heavy atom. The number of hydrogen-bond acceptors (Lipinski definition) is 4. The first kappa shape index (κ1) is 16.1. The molecular weight excluding hydrogens is 328 g/mol. The van der Waals surface area contributed by atoms with Crippen molar-refractivity contribution < 1.29 is 14.3 Å². The molecule has 0 saturated heterocycles. The summed E-state index contributed by atoms with van der Waals surface area (Å²) in [4.78, 5) is 26.7. The Balaban J connectivity index is 1.51. The van der Waals surface area contributed by atoms with Gasteiger partial charge in [0.2, 0.25) is 0 Å². The van der Waals surface area contributed by atoms with Crippen molar-refractivity contribution in [3.05, 3.63) is 71.8 Å². The molecule has 3 aromatic rings. The van der Waals surface area contributed by atoms with Crippen LogP contribution in [0.4, 0.5) is 11.4 Å². The number of esters is 1. The van der Waals surface area contributed by atoms with E-state index in [0.717, 1.165) is 23.1 Å². The van der Waals surface area contributed by atoms with Gasteiger partial charge in [0, 0.05) is 23.3 Å². The molecule has 130 valence electrons. The maximum absolute atomic E-state index is 12.5. The molecule has 1 aliphatic heterocycles. The number of anilines is 2. The molecule has 0 aromatic heterocycles. The quantitative estimate of drug-likeness (QED) is 0.584. The van der Waals surface area contributed by atoms with Gasteiger partial charge < -0.3 is 15.4 Å². The molecule has 0 saturated carbocycles. The first-order chi connectivity index (χ1) is 12.6. The number of amides is 1. The Hall–Kier alpha value is -3.34. The summed E-state index contributed by atoms with van der Waals surface area (Å²) in [7, 11) is 0. The molecule has 26 heavy (non-hydrogen) atoms. The van der Waals surface area contributed by atoms with Gasteiger partial charge in [-0.3, -0.25) is 4.79 Å². The topological polar surface area (TPSA) is 72.6 Å². The Kier molecular flexibility index (Phi) is 4.05. The van der Waals surface area contributed by atoms with Gasteiger partial charge in [-0.15, -0.1) is 0 Å². The second-order valence-corrected chi connectivity index (χ2v) is 6.25. The van der Waals surface area contributed by atoms with E-state index in [1.54, 1.807) is 23.1 Å². The minimum absolute atomic E-state index is 0.225. The number of para-hydroxylation sites is 1. The summed E-state index contributed by atoms with van der Waals surface area (Å²) >= 11 is 0. The number of hydrogen-bond donors (Lipinski definition) is 1. The summed E-state index contributed by atoms with van der Waals surface area (Å²) in [6.45, 7) is 0.313. The molecule has 0 aliphatic carbocycles. The maximum atomic E-state index is 12.5. The molecular formula is C21H18N2O3. The van der Waals surface area contributed by atoms with Crippen LogP contribution in [0.3, 0.4) is 0 Å². The molecule has 5 heteroatoms. The molecule has 2 N–H and O–H groups in total. The van der Waals surface area contributed by atoms with E-state index in [0.29, 0.717) is 23.2 Å². The van der Waals surface area contributed by atoms with E-state index in [-0.39, 0.29) is 12.5 Å². The van der Waals surface area contributed by atoms with Gasteiger partial charge >= 0.3 is 5.97 Å².